The van der Waals surface area contributed by atoms with Gasteiger partial charge in [0.15, 0.2) is 15.0 Å². The van der Waals surface area contributed by atoms with Gasteiger partial charge in [0.05, 0.1) is 17.5 Å². The van der Waals surface area contributed by atoms with E-state index < -0.39 is 9.84 Å². The van der Waals surface area contributed by atoms with Crippen LogP contribution >= 0.6 is 11.8 Å². The third kappa shape index (κ3) is 3.41. The first kappa shape index (κ1) is 18.3. The highest BCUT2D eigenvalue weighted by molar-refractivity contribution is 8.16. The number of para-hydroxylation sites is 1. The van der Waals surface area contributed by atoms with E-state index in [0.717, 1.165) is 16.8 Å². The number of aliphatic imine (C=N–C) groups is 1. The fourth-order valence-electron chi connectivity index (χ4n) is 3.74. The molecule has 2 saturated heterocycles. The van der Waals surface area contributed by atoms with E-state index in [1.165, 1.54) is 11.8 Å². The molecule has 2 aliphatic rings. The molecule has 0 unspecified atom stereocenters. The second kappa shape index (κ2) is 6.80. The molecule has 2 heterocycles. The number of sulfone groups is 1. The largest absolute Gasteiger partial charge is 0.315 e. The lowest BCUT2D eigenvalue weighted by Crippen LogP contribution is -2.38. The van der Waals surface area contributed by atoms with E-state index in [0.29, 0.717) is 10.7 Å². The van der Waals surface area contributed by atoms with Gasteiger partial charge in [0, 0.05) is 16.5 Å². The Labute approximate surface area is 163 Å². The fourth-order valence-corrected chi connectivity index (χ4v) is 7.64. The van der Waals surface area contributed by atoms with Crippen LogP contribution in [0.3, 0.4) is 0 Å². The Morgan fingerprint density at radius 1 is 1.04 bits per heavy atom. The number of anilines is 1. The molecule has 2 aliphatic heterocycles. The minimum atomic E-state index is -3.08. The molecule has 0 N–H and O–H groups in total. The van der Waals surface area contributed by atoms with Crippen LogP contribution in [0.1, 0.15) is 21.5 Å². The Morgan fingerprint density at radius 3 is 2.37 bits per heavy atom. The number of nitrogens with zero attached hydrogens (tertiary/aromatic N) is 2. The molecule has 2 aromatic rings. The summed E-state index contributed by atoms with van der Waals surface area (Å²) in [6.07, 6.45) is 0. The maximum atomic E-state index is 12.6. The lowest BCUT2D eigenvalue weighted by Gasteiger charge is -2.27. The van der Waals surface area contributed by atoms with Crippen molar-refractivity contribution in [2.24, 2.45) is 4.99 Å². The molecule has 27 heavy (non-hydrogen) atoms. The minimum Gasteiger partial charge on any atom is -0.315 e. The van der Waals surface area contributed by atoms with Crippen molar-refractivity contribution in [1.82, 2.24) is 0 Å². The number of carbonyl (C=O) groups excluding carboxylic acids is 1. The van der Waals surface area contributed by atoms with Crippen molar-refractivity contribution in [2.45, 2.75) is 25.1 Å². The molecule has 2 aromatic carbocycles. The van der Waals surface area contributed by atoms with Gasteiger partial charge in [-0.1, -0.05) is 48.2 Å². The van der Waals surface area contributed by atoms with Crippen LogP contribution in [0.4, 0.5) is 5.69 Å². The number of hydrogen-bond donors (Lipinski definition) is 0. The van der Waals surface area contributed by atoms with Gasteiger partial charge in [-0.3, -0.25) is 4.79 Å². The minimum absolute atomic E-state index is 0.0942. The van der Waals surface area contributed by atoms with Crippen LogP contribution in [-0.4, -0.2) is 42.3 Å². The van der Waals surface area contributed by atoms with Crippen molar-refractivity contribution >= 4 is 38.4 Å². The van der Waals surface area contributed by atoms with Gasteiger partial charge in [-0.15, -0.1) is 0 Å². The Hall–Kier alpha value is -2.12. The van der Waals surface area contributed by atoms with Crippen molar-refractivity contribution < 1.29 is 13.2 Å². The monoisotopic (exact) mass is 400 g/mol. The molecule has 1 amide bonds. The number of amides is 1. The van der Waals surface area contributed by atoms with E-state index in [-0.39, 0.29) is 28.7 Å². The van der Waals surface area contributed by atoms with Crippen LogP contribution in [0, 0.1) is 13.8 Å². The van der Waals surface area contributed by atoms with Crippen LogP contribution in [-0.2, 0) is 9.84 Å². The molecule has 4 rings (SSSR count). The summed E-state index contributed by atoms with van der Waals surface area (Å²) in [6.45, 7) is 4.00. The van der Waals surface area contributed by atoms with Crippen LogP contribution < -0.4 is 4.90 Å². The zero-order valence-corrected chi connectivity index (χ0v) is 16.8. The predicted octanol–water partition coefficient (Wildman–Crippen LogP) is 3.22. The van der Waals surface area contributed by atoms with Gasteiger partial charge >= 0.3 is 0 Å². The molecule has 7 heteroatoms. The number of amidine groups is 1. The molecular weight excluding hydrogens is 380 g/mol. The van der Waals surface area contributed by atoms with E-state index in [9.17, 15) is 13.2 Å². The first-order chi connectivity index (χ1) is 12.9. The summed E-state index contributed by atoms with van der Waals surface area (Å²) in [5.74, 6) is -0.0867. The number of hydrogen-bond acceptors (Lipinski definition) is 4. The van der Waals surface area contributed by atoms with Gasteiger partial charge in [0.25, 0.3) is 5.91 Å². The van der Waals surface area contributed by atoms with Crippen LogP contribution in [0.15, 0.2) is 53.5 Å². The summed E-state index contributed by atoms with van der Waals surface area (Å²) in [7, 11) is -3.08. The summed E-state index contributed by atoms with van der Waals surface area (Å²) in [6, 6.07) is 14.7. The van der Waals surface area contributed by atoms with E-state index in [1.54, 1.807) is 24.3 Å². The van der Waals surface area contributed by atoms with E-state index >= 15 is 0 Å². The molecule has 0 spiro atoms. The van der Waals surface area contributed by atoms with Crippen molar-refractivity contribution in [2.75, 3.05) is 16.4 Å². The SMILES string of the molecule is Cc1cccc(C)c1N1C(=NC(=O)c2ccccc2)S[C@H]2CS(=O)(=O)C[C@H]21. The molecule has 0 saturated carbocycles. The van der Waals surface area contributed by atoms with Crippen LogP contribution in [0.2, 0.25) is 0 Å². The molecular formula is C20H20N2O3S2. The second-order valence-electron chi connectivity index (χ2n) is 6.98. The van der Waals surface area contributed by atoms with E-state index in [1.807, 2.05) is 43.0 Å². The molecule has 2 fully saturated rings. The Bertz CT molecular complexity index is 1010. The van der Waals surface area contributed by atoms with Gasteiger partial charge < -0.3 is 4.90 Å². The number of thioether (sulfide) groups is 1. The molecule has 140 valence electrons. The highest BCUT2D eigenvalue weighted by Crippen LogP contribution is 2.43. The van der Waals surface area contributed by atoms with Gasteiger partial charge in [0.1, 0.15) is 0 Å². The van der Waals surface area contributed by atoms with Gasteiger partial charge in [-0.2, -0.15) is 4.99 Å². The Morgan fingerprint density at radius 2 is 1.70 bits per heavy atom. The first-order valence-corrected chi connectivity index (χ1v) is 11.5. The summed E-state index contributed by atoms with van der Waals surface area (Å²) in [4.78, 5) is 19.0. The maximum absolute atomic E-state index is 12.6. The number of rotatable bonds is 2. The fraction of sp³-hybridized carbons (Fsp3) is 0.300. The highest BCUT2D eigenvalue weighted by atomic mass is 32.2. The number of fused-ring (bicyclic) bond motifs is 1. The van der Waals surface area contributed by atoms with Gasteiger partial charge in [0.2, 0.25) is 0 Å². The first-order valence-electron chi connectivity index (χ1n) is 8.76. The molecule has 0 bridgehead atoms. The Balaban J connectivity index is 1.79. The van der Waals surface area contributed by atoms with Crippen molar-refractivity contribution in [3.63, 3.8) is 0 Å². The summed E-state index contributed by atoms with van der Waals surface area (Å²) in [5.41, 5.74) is 3.56. The van der Waals surface area contributed by atoms with Crippen molar-refractivity contribution in [3.8, 4) is 0 Å². The smallest absolute Gasteiger partial charge is 0.279 e. The standard InChI is InChI=1S/C20H20N2O3S2/c1-13-7-6-8-14(2)18(13)22-16-11-27(24,25)12-17(16)26-20(22)21-19(23)15-9-4-3-5-10-15/h3-10,16-17H,11-12H2,1-2H3/t16-,17+/m1/s1. The van der Waals surface area contributed by atoms with Crippen molar-refractivity contribution in [1.29, 1.82) is 0 Å². The zero-order valence-electron chi connectivity index (χ0n) is 15.1. The quantitative estimate of drug-likeness (QED) is 0.774. The molecule has 5 nitrogen and oxygen atoms in total. The average molecular weight is 401 g/mol. The highest BCUT2D eigenvalue weighted by Gasteiger charge is 2.49. The number of aryl methyl sites for hydroxylation is 2. The normalized spacial score (nSPS) is 25.0. The summed E-state index contributed by atoms with van der Waals surface area (Å²) < 4.78 is 24.4. The van der Waals surface area contributed by atoms with Crippen molar-refractivity contribution in [3.05, 3.63) is 65.2 Å². The topological polar surface area (TPSA) is 66.8 Å². The number of benzene rings is 2. The van der Waals surface area contributed by atoms with Gasteiger partial charge in [-0.05, 0) is 37.1 Å². The molecule has 0 aromatic heterocycles. The van der Waals surface area contributed by atoms with Crippen LogP contribution in [0.5, 0.6) is 0 Å². The lowest BCUT2D eigenvalue weighted by atomic mass is 10.1. The summed E-state index contributed by atoms with van der Waals surface area (Å²) in [5, 5.41) is 0.488. The Kier molecular flexibility index (Phi) is 4.60. The van der Waals surface area contributed by atoms with Crippen LogP contribution in [0.25, 0.3) is 0 Å². The van der Waals surface area contributed by atoms with Gasteiger partial charge in [-0.25, -0.2) is 8.42 Å². The van der Waals surface area contributed by atoms with E-state index in [2.05, 4.69) is 4.99 Å². The second-order valence-corrected chi connectivity index (χ2v) is 10.3. The lowest BCUT2D eigenvalue weighted by molar-refractivity contribution is 0.100. The molecule has 0 aliphatic carbocycles. The molecule has 2 atom stereocenters. The average Bonchev–Trinajstić information content (AvgIpc) is 3.07. The summed E-state index contributed by atoms with van der Waals surface area (Å²) >= 11 is 1.40. The third-order valence-electron chi connectivity index (χ3n) is 4.96. The molecule has 0 radical (unpaired) electrons. The number of carbonyl (C=O) groups is 1. The zero-order chi connectivity index (χ0) is 19.2. The van der Waals surface area contributed by atoms with E-state index in [4.69, 9.17) is 0 Å². The third-order valence-corrected chi connectivity index (χ3v) is 8.17. The predicted molar refractivity (Wildman–Crippen MR) is 110 cm³/mol. The maximum Gasteiger partial charge on any atom is 0.279 e.